The predicted octanol–water partition coefficient (Wildman–Crippen LogP) is 3.70. The third kappa shape index (κ3) is 4.95. The van der Waals surface area contributed by atoms with Crippen LogP contribution >= 0.6 is 11.6 Å². The highest BCUT2D eigenvalue weighted by Gasteiger charge is 2.11. The number of fused-ring (bicyclic) bond motifs is 1. The highest BCUT2D eigenvalue weighted by atomic mass is 35.5. The van der Waals surface area contributed by atoms with Crippen LogP contribution in [0.5, 0.6) is 17.2 Å². The molecule has 1 unspecified atom stereocenters. The van der Waals surface area contributed by atoms with Gasteiger partial charge in [0.2, 0.25) is 0 Å². The molecule has 0 fully saturated rings. The number of aliphatic imine (C=N–C) groups is 1. The lowest BCUT2D eigenvalue weighted by atomic mass is 10.3. The van der Waals surface area contributed by atoms with Gasteiger partial charge in [0.05, 0.1) is 24.8 Å². The number of halogens is 1. The van der Waals surface area contributed by atoms with Crippen LogP contribution in [0.15, 0.2) is 47.5 Å². The molecule has 1 atom stereocenters. The fourth-order valence-corrected chi connectivity index (χ4v) is 2.63. The molecule has 6 nitrogen and oxygen atoms in total. The third-order valence-electron chi connectivity index (χ3n) is 3.70. The molecule has 1 heterocycles. The first-order chi connectivity index (χ1) is 12.6. The first-order valence-electron chi connectivity index (χ1n) is 8.49. The molecule has 3 rings (SSSR count). The fourth-order valence-electron chi connectivity index (χ4n) is 2.45. The van der Waals surface area contributed by atoms with Gasteiger partial charge in [-0.05, 0) is 31.2 Å². The number of hydrogen-bond donors (Lipinski definition) is 2. The summed E-state index contributed by atoms with van der Waals surface area (Å²) in [5.41, 5.74) is 6.76. The van der Waals surface area contributed by atoms with Crippen molar-refractivity contribution in [2.75, 3.05) is 25.1 Å². The molecular weight excluding hydrogens is 354 g/mol. The molecule has 3 N–H and O–H groups in total. The summed E-state index contributed by atoms with van der Waals surface area (Å²) >= 11 is 6.09. The van der Waals surface area contributed by atoms with E-state index < -0.39 is 0 Å². The second kappa shape index (κ2) is 8.67. The maximum absolute atomic E-state index is 6.09. The molecule has 138 valence electrons. The standard InChI is InChI=1S/C19H22ClN3O3/c1-13(26-16-6-3-2-5-15(16)20)12-22-19(21)23-14-7-8-17-18(11-14)25-10-4-9-24-17/h2-3,5-8,11,13H,4,9-10,12H2,1H3,(H3,21,22,23). The van der Waals surface area contributed by atoms with Gasteiger partial charge in [-0.25, -0.2) is 4.99 Å². The van der Waals surface area contributed by atoms with Crippen LogP contribution in [0.2, 0.25) is 5.02 Å². The van der Waals surface area contributed by atoms with Gasteiger partial charge in [-0.3, -0.25) is 0 Å². The van der Waals surface area contributed by atoms with Gasteiger partial charge in [-0.15, -0.1) is 0 Å². The summed E-state index contributed by atoms with van der Waals surface area (Å²) in [7, 11) is 0. The molecule has 0 amide bonds. The Morgan fingerprint density at radius 2 is 2.00 bits per heavy atom. The Morgan fingerprint density at radius 1 is 1.23 bits per heavy atom. The third-order valence-corrected chi connectivity index (χ3v) is 4.02. The molecule has 0 saturated heterocycles. The van der Waals surface area contributed by atoms with Crippen molar-refractivity contribution in [2.24, 2.45) is 10.7 Å². The summed E-state index contributed by atoms with van der Waals surface area (Å²) in [5, 5.41) is 3.62. The summed E-state index contributed by atoms with van der Waals surface area (Å²) in [5.74, 6) is 2.38. The van der Waals surface area contributed by atoms with Crippen molar-refractivity contribution in [3.05, 3.63) is 47.5 Å². The Hall–Kier alpha value is -2.60. The van der Waals surface area contributed by atoms with Crippen molar-refractivity contribution in [1.29, 1.82) is 0 Å². The summed E-state index contributed by atoms with van der Waals surface area (Å²) in [6.07, 6.45) is 0.698. The predicted molar refractivity (Wildman–Crippen MR) is 104 cm³/mol. The van der Waals surface area contributed by atoms with E-state index in [1.807, 2.05) is 43.3 Å². The van der Waals surface area contributed by atoms with Crippen LogP contribution in [-0.4, -0.2) is 31.8 Å². The van der Waals surface area contributed by atoms with Crippen LogP contribution in [0.25, 0.3) is 0 Å². The van der Waals surface area contributed by atoms with Crippen molar-refractivity contribution in [3.8, 4) is 17.2 Å². The normalized spacial score (nSPS) is 15.1. The molecule has 2 aromatic carbocycles. The minimum atomic E-state index is -0.168. The zero-order chi connectivity index (χ0) is 18.4. The van der Waals surface area contributed by atoms with Gasteiger partial charge in [0.15, 0.2) is 17.5 Å². The molecule has 1 aliphatic heterocycles. The maximum atomic E-state index is 6.09. The zero-order valence-electron chi connectivity index (χ0n) is 14.6. The van der Waals surface area contributed by atoms with Crippen molar-refractivity contribution >= 4 is 23.2 Å². The lowest BCUT2D eigenvalue weighted by Gasteiger charge is -2.14. The number of nitrogens with one attached hydrogen (secondary N) is 1. The highest BCUT2D eigenvalue weighted by Crippen LogP contribution is 2.32. The van der Waals surface area contributed by atoms with Crippen LogP contribution in [-0.2, 0) is 0 Å². The Morgan fingerprint density at radius 3 is 2.81 bits per heavy atom. The average molecular weight is 376 g/mol. The van der Waals surface area contributed by atoms with Crippen molar-refractivity contribution in [3.63, 3.8) is 0 Å². The smallest absolute Gasteiger partial charge is 0.193 e. The van der Waals surface area contributed by atoms with E-state index in [1.54, 1.807) is 6.07 Å². The van der Waals surface area contributed by atoms with E-state index in [4.69, 9.17) is 31.5 Å². The summed E-state index contributed by atoms with van der Waals surface area (Å²) in [6.45, 7) is 3.60. The van der Waals surface area contributed by atoms with Crippen LogP contribution in [0.4, 0.5) is 5.69 Å². The molecule has 2 aromatic rings. The van der Waals surface area contributed by atoms with Gasteiger partial charge < -0.3 is 25.3 Å². The monoisotopic (exact) mass is 375 g/mol. The van der Waals surface area contributed by atoms with Crippen LogP contribution in [0.3, 0.4) is 0 Å². The number of hydrogen-bond acceptors (Lipinski definition) is 4. The number of para-hydroxylation sites is 1. The Balaban J connectivity index is 1.56. The van der Waals surface area contributed by atoms with Crippen molar-refractivity contribution < 1.29 is 14.2 Å². The number of nitrogens with two attached hydrogens (primary N) is 1. The number of guanidine groups is 1. The molecular formula is C19H22ClN3O3. The first-order valence-corrected chi connectivity index (χ1v) is 8.87. The Labute approximate surface area is 157 Å². The Kier molecular flexibility index (Phi) is 6.07. The van der Waals surface area contributed by atoms with Crippen LogP contribution < -0.4 is 25.3 Å². The topological polar surface area (TPSA) is 78.1 Å². The van der Waals surface area contributed by atoms with Crippen LogP contribution in [0, 0.1) is 0 Å². The summed E-state index contributed by atoms with van der Waals surface area (Å²) < 4.78 is 17.1. The second-order valence-corrected chi connectivity index (χ2v) is 6.33. The van der Waals surface area contributed by atoms with E-state index in [2.05, 4.69) is 10.3 Å². The number of nitrogens with zero attached hydrogens (tertiary/aromatic N) is 1. The number of benzene rings is 2. The van der Waals surface area contributed by atoms with Crippen molar-refractivity contribution in [2.45, 2.75) is 19.4 Å². The molecule has 0 radical (unpaired) electrons. The summed E-state index contributed by atoms with van der Waals surface area (Å²) in [4.78, 5) is 4.32. The van der Waals surface area contributed by atoms with Gasteiger partial charge in [-0.2, -0.15) is 0 Å². The maximum Gasteiger partial charge on any atom is 0.193 e. The zero-order valence-corrected chi connectivity index (χ0v) is 15.3. The quantitative estimate of drug-likeness (QED) is 0.615. The number of ether oxygens (including phenoxy) is 3. The van der Waals surface area contributed by atoms with E-state index in [1.165, 1.54) is 0 Å². The second-order valence-electron chi connectivity index (χ2n) is 5.92. The lowest BCUT2D eigenvalue weighted by molar-refractivity contribution is 0.230. The van der Waals surface area contributed by atoms with Crippen molar-refractivity contribution in [1.82, 2.24) is 0 Å². The van der Waals surface area contributed by atoms with E-state index in [-0.39, 0.29) is 6.10 Å². The Bertz CT molecular complexity index is 782. The van der Waals surface area contributed by atoms with E-state index in [0.29, 0.717) is 42.2 Å². The molecule has 1 aliphatic rings. The molecule has 7 heteroatoms. The van der Waals surface area contributed by atoms with Gasteiger partial charge in [0.25, 0.3) is 0 Å². The highest BCUT2D eigenvalue weighted by molar-refractivity contribution is 6.32. The van der Waals surface area contributed by atoms with E-state index in [9.17, 15) is 0 Å². The lowest BCUT2D eigenvalue weighted by Crippen LogP contribution is -2.25. The average Bonchev–Trinajstić information content (AvgIpc) is 2.87. The molecule has 0 aromatic heterocycles. The minimum absolute atomic E-state index is 0.168. The van der Waals surface area contributed by atoms with E-state index in [0.717, 1.165) is 17.9 Å². The summed E-state index contributed by atoms with van der Waals surface area (Å²) in [6, 6.07) is 12.9. The molecule has 0 aliphatic carbocycles. The van der Waals surface area contributed by atoms with E-state index >= 15 is 0 Å². The molecule has 0 bridgehead atoms. The fraction of sp³-hybridized carbons (Fsp3) is 0.316. The number of anilines is 1. The van der Waals surface area contributed by atoms with Gasteiger partial charge >= 0.3 is 0 Å². The van der Waals surface area contributed by atoms with Crippen LogP contribution in [0.1, 0.15) is 13.3 Å². The SMILES string of the molecule is CC(CN=C(N)Nc1ccc2c(c1)OCCCO2)Oc1ccccc1Cl. The number of rotatable bonds is 5. The molecule has 0 saturated carbocycles. The largest absolute Gasteiger partial charge is 0.490 e. The van der Waals surface area contributed by atoms with Gasteiger partial charge in [0.1, 0.15) is 11.9 Å². The van der Waals surface area contributed by atoms with Gasteiger partial charge in [-0.1, -0.05) is 23.7 Å². The first kappa shape index (κ1) is 18.2. The molecule has 0 spiro atoms. The molecule has 26 heavy (non-hydrogen) atoms. The minimum Gasteiger partial charge on any atom is -0.490 e. The van der Waals surface area contributed by atoms with Gasteiger partial charge in [0, 0.05) is 18.2 Å².